The van der Waals surface area contributed by atoms with Crippen molar-refractivity contribution in [3.63, 3.8) is 0 Å². The molecule has 0 radical (unpaired) electrons. The van der Waals surface area contributed by atoms with Gasteiger partial charge in [-0.3, -0.25) is 0 Å². The highest BCUT2D eigenvalue weighted by Gasteiger charge is 2.22. The van der Waals surface area contributed by atoms with Crippen LogP contribution in [0.1, 0.15) is 29.8 Å². The number of nitrogens with zero attached hydrogens (tertiary/aromatic N) is 3. The molecule has 1 aliphatic rings. The van der Waals surface area contributed by atoms with E-state index in [0.717, 1.165) is 30.4 Å². The minimum atomic E-state index is 0.189. The lowest BCUT2D eigenvalue weighted by Crippen LogP contribution is -2.18. The van der Waals surface area contributed by atoms with Crippen LogP contribution in [0.5, 0.6) is 0 Å². The van der Waals surface area contributed by atoms with Crippen LogP contribution in [0, 0.1) is 6.92 Å². The lowest BCUT2D eigenvalue weighted by atomic mass is 10.1. The molecule has 1 aromatic heterocycles. The lowest BCUT2D eigenvalue weighted by molar-refractivity contribution is 0.862. The second kappa shape index (κ2) is 6.55. The molecule has 0 aliphatic carbocycles. The Kier molecular flexibility index (Phi) is 4.10. The quantitative estimate of drug-likeness (QED) is 0.756. The fourth-order valence-corrected chi connectivity index (χ4v) is 3.34. The maximum absolute atomic E-state index is 4.78. The minimum Gasteiger partial charge on any atom is -0.363 e. The Labute approximate surface area is 148 Å². The second-order valence-corrected chi connectivity index (χ2v) is 6.50. The number of anilines is 3. The number of para-hydroxylation sites is 1. The third-order valence-electron chi connectivity index (χ3n) is 4.63. The summed E-state index contributed by atoms with van der Waals surface area (Å²) >= 11 is 0. The molecule has 1 unspecified atom stereocenters. The maximum atomic E-state index is 4.78. The summed E-state index contributed by atoms with van der Waals surface area (Å²) in [5.74, 6) is 1.64. The van der Waals surface area contributed by atoms with Crippen molar-refractivity contribution in [3.05, 3.63) is 77.5 Å². The molecule has 0 bridgehead atoms. The molecule has 126 valence electrons. The van der Waals surface area contributed by atoms with E-state index in [4.69, 9.17) is 4.98 Å². The number of nitrogens with one attached hydrogen (secondary N) is 1. The van der Waals surface area contributed by atoms with Crippen LogP contribution < -0.4 is 10.2 Å². The van der Waals surface area contributed by atoms with E-state index in [9.17, 15) is 0 Å². The highest BCUT2D eigenvalue weighted by Crippen LogP contribution is 2.33. The van der Waals surface area contributed by atoms with Gasteiger partial charge in [0.1, 0.15) is 5.82 Å². The van der Waals surface area contributed by atoms with E-state index in [0.29, 0.717) is 0 Å². The standard InChI is InChI=1S/C21H22N4/c1-15-14-20(23-16(2)17-8-4-3-5-9-17)24-21(22-15)25-13-12-18-10-6-7-11-19(18)25/h3-11,14,16H,12-13H2,1-2H3,(H,22,23,24). The first kappa shape index (κ1) is 15.6. The molecule has 1 N–H and O–H groups in total. The van der Waals surface area contributed by atoms with Gasteiger partial charge < -0.3 is 10.2 Å². The van der Waals surface area contributed by atoms with Gasteiger partial charge in [0.05, 0.1) is 0 Å². The Hall–Kier alpha value is -2.88. The molecule has 3 aromatic rings. The third-order valence-corrected chi connectivity index (χ3v) is 4.63. The molecule has 4 nitrogen and oxygen atoms in total. The Balaban J connectivity index is 1.62. The van der Waals surface area contributed by atoms with Crippen LogP contribution in [0.25, 0.3) is 0 Å². The van der Waals surface area contributed by atoms with Gasteiger partial charge in [0.15, 0.2) is 0 Å². The average Bonchev–Trinajstić information content (AvgIpc) is 3.06. The Morgan fingerprint density at radius 3 is 2.60 bits per heavy atom. The number of aromatic nitrogens is 2. The third kappa shape index (κ3) is 3.20. The van der Waals surface area contributed by atoms with Crippen LogP contribution in [-0.2, 0) is 6.42 Å². The predicted octanol–water partition coefficient (Wildman–Crippen LogP) is 4.65. The molecule has 1 aliphatic heterocycles. The molecule has 0 saturated heterocycles. The summed E-state index contributed by atoms with van der Waals surface area (Å²) in [6.45, 7) is 5.10. The first-order valence-electron chi connectivity index (χ1n) is 8.73. The van der Waals surface area contributed by atoms with Crippen molar-refractivity contribution in [2.45, 2.75) is 26.3 Å². The number of aryl methyl sites for hydroxylation is 1. The topological polar surface area (TPSA) is 41.1 Å². The molecular weight excluding hydrogens is 308 g/mol. The molecule has 2 aromatic carbocycles. The van der Waals surface area contributed by atoms with E-state index in [-0.39, 0.29) is 6.04 Å². The molecule has 25 heavy (non-hydrogen) atoms. The van der Waals surface area contributed by atoms with E-state index < -0.39 is 0 Å². The Bertz CT molecular complexity index is 876. The summed E-state index contributed by atoms with van der Waals surface area (Å²) in [5.41, 5.74) is 4.79. The van der Waals surface area contributed by atoms with Gasteiger partial charge >= 0.3 is 0 Å². The minimum absolute atomic E-state index is 0.189. The number of rotatable bonds is 4. The lowest BCUT2D eigenvalue weighted by Gasteiger charge is -2.20. The molecule has 0 amide bonds. The molecule has 4 rings (SSSR count). The molecule has 0 spiro atoms. The van der Waals surface area contributed by atoms with Gasteiger partial charge in [-0.2, -0.15) is 4.98 Å². The highest BCUT2D eigenvalue weighted by molar-refractivity contribution is 5.66. The SMILES string of the molecule is Cc1cc(NC(C)c2ccccc2)nc(N2CCc3ccccc32)n1. The zero-order chi connectivity index (χ0) is 17.2. The molecule has 0 fully saturated rings. The van der Waals surface area contributed by atoms with Crippen molar-refractivity contribution < 1.29 is 0 Å². The van der Waals surface area contributed by atoms with Gasteiger partial charge in [-0.1, -0.05) is 48.5 Å². The zero-order valence-corrected chi connectivity index (χ0v) is 14.6. The Morgan fingerprint density at radius 2 is 1.76 bits per heavy atom. The highest BCUT2D eigenvalue weighted by atomic mass is 15.3. The fourth-order valence-electron chi connectivity index (χ4n) is 3.34. The van der Waals surface area contributed by atoms with Crippen molar-refractivity contribution in [1.82, 2.24) is 9.97 Å². The van der Waals surface area contributed by atoms with Gasteiger partial charge in [-0.25, -0.2) is 4.98 Å². The van der Waals surface area contributed by atoms with Crippen molar-refractivity contribution in [2.75, 3.05) is 16.8 Å². The maximum Gasteiger partial charge on any atom is 0.232 e. The summed E-state index contributed by atoms with van der Waals surface area (Å²) in [4.78, 5) is 11.7. The van der Waals surface area contributed by atoms with Crippen LogP contribution in [0.15, 0.2) is 60.7 Å². The van der Waals surface area contributed by atoms with E-state index in [1.807, 2.05) is 19.1 Å². The summed E-state index contributed by atoms with van der Waals surface area (Å²) < 4.78 is 0. The van der Waals surface area contributed by atoms with Crippen LogP contribution >= 0.6 is 0 Å². The number of hydrogen-bond acceptors (Lipinski definition) is 4. The van der Waals surface area contributed by atoms with Crippen LogP contribution in [0.2, 0.25) is 0 Å². The van der Waals surface area contributed by atoms with Crippen molar-refractivity contribution in [2.24, 2.45) is 0 Å². The van der Waals surface area contributed by atoms with Crippen LogP contribution in [-0.4, -0.2) is 16.5 Å². The molecule has 2 heterocycles. The number of hydrogen-bond donors (Lipinski definition) is 1. The molecule has 4 heteroatoms. The fraction of sp³-hybridized carbons (Fsp3) is 0.238. The average molecular weight is 330 g/mol. The smallest absolute Gasteiger partial charge is 0.232 e. The van der Waals surface area contributed by atoms with Crippen molar-refractivity contribution >= 4 is 17.5 Å². The summed E-state index contributed by atoms with van der Waals surface area (Å²) in [6, 6.07) is 21.1. The summed E-state index contributed by atoms with van der Waals surface area (Å²) in [6.07, 6.45) is 1.04. The van der Waals surface area contributed by atoms with Gasteiger partial charge in [-0.05, 0) is 37.5 Å². The Morgan fingerprint density at radius 1 is 1.00 bits per heavy atom. The number of fused-ring (bicyclic) bond motifs is 1. The normalized spacial score (nSPS) is 14.2. The first-order chi connectivity index (χ1) is 12.2. The first-order valence-corrected chi connectivity index (χ1v) is 8.73. The monoisotopic (exact) mass is 330 g/mol. The molecule has 0 saturated carbocycles. The van der Waals surface area contributed by atoms with Gasteiger partial charge in [0, 0.05) is 30.0 Å². The van der Waals surface area contributed by atoms with Crippen molar-refractivity contribution in [1.29, 1.82) is 0 Å². The summed E-state index contributed by atoms with van der Waals surface area (Å²) in [7, 11) is 0. The van der Waals surface area contributed by atoms with E-state index in [1.165, 1.54) is 16.8 Å². The van der Waals surface area contributed by atoms with Crippen LogP contribution in [0.4, 0.5) is 17.5 Å². The molecule has 1 atom stereocenters. The van der Waals surface area contributed by atoms with Gasteiger partial charge in [0.2, 0.25) is 5.95 Å². The zero-order valence-electron chi connectivity index (χ0n) is 14.6. The summed E-state index contributed by atoms with van der Waals surface area (Å²) in [5, 5.41) is 3.51. The molecular formula is C21H22N4. The predicted molar refractivity (Wildman–Crippen MR) is 102 cm³/mol. The van der Waals surface area contributed by atoms with Crippen LogP contribution in [0.3, 0.4) is 0 Å². The van der Waals surface area contributed by atoms with E-state index in [2.05, 4.69) is 70.7 Å². The van der Waals surface area contributed by atoms with Crippen molar-refractivity contribution in [3.8, 4) is 0 Å². The second-order valence-electron chi connectivity index (χ2n) is 6.50. The van der Waals surface area contributed by atoms with Gasteiger partial charge in [-0.15, -0.1) is 0 Å². The number of benzene rings is 2. The van der Waals surface area contributed by atoms with E-state index >= 15 is 0 Å². The largest absolute Gasteiger partial charge is 0.363 e. The van der Waals surface area contributed by atoms with E-state index in [1.54, 1.807) is 0 Å². The van der Waals surface area contributed by atoms with Gasteiger partial charge in [0.25, 0.3) is 0 Å².